The summed E-state index contributed by atoms with van der Waals surface area (Å²) in [7, 11) is -3.50. The standard InChI is InChI=1S/C19H20F3N7O2S/c20-11-5-12(21)19(26-14-7-23-6-13(14)22)27-18(11)15-8-24-16-9-25-17(10-28(15)16)29-3-1-2-4-32(29,30)31/h5,8-10,13-14,23H,1-4,6-7H2,(H,26,27). The largest absolute Gasteiger partial charge is 0.361 e. The molecule has 13 heteroatoms. The molecule has 2 aliphatic heterocycles. The van der Waals surface area contributed by atoms with Gasteiger partial charge in [0.2, 0.25) is 10.0 Å². The molecule has 32 heavy (non-hydrogen) atoms. The molecule has 170 valence electrons. The van der Waals surface area contributed by atoms with Crippen molar-refractivity contribution in [2.75, 3.05) is 35.0 Å². The third kappa shape index (κ3) is 3.64. The molecular weight excluding hydrogens is 447 g/mol. The maximum atomic E-state index is 14.7. The maximum absolute atomic E-state index is 14.7. The molecule has 9 nitrogen and oxygen atoms in total. The maximum Gasteiger partial charge on any atom is 0.236 e. The lowest BCUT2D eigenvalue weighted by Crippen LogP contribution is -2.38. The van der Waals surface area contributed by atoms with Crippen molar-refractivity contribution in [2.45, 2.75) is 25.1 Å². The minimum Gasteiger partial charge on any atom is -0.361 e. The molecule has 5 heterocycles. The van der Waals surface area contributed by atoms with Gasteiger partial charge in [-0.1, -0.05) is 0 Å². The molecule has 0 bridgehead atoms. The fourth-order valence-corrected chi connectivity index (χ4v) is 5.52. The van der Waals surface area contributed by atoms with Crippen LogP contribution in [0.5, 0.6) is 0 Å². The van der Waals surface area contributed by atoms with Crippen molar-refractivity contribution in [2.24, 2.45) is 0 Å². The topological polar surface area (TPSA) is 105 Å². The summed E-state index contributed by atoms with van der Waals surface area (Å²) in [6, 6.07) is -0.0192. The molecule has 0 radical (unpaired) electrons. The van der Waals surface area contributed by atoms with Crippen molar-refractivity contribution in [3.63, 3.8) is 0 Å². The Kier molecular flexibility index (Phi) is 5.16. The van der Waals surface area contributed by atoms with Crippen molar-refractivity contribution >= 4 is 27.3 Å². The van der Waals surface area contributed by atoms with Crippen LogP contribution in [0.1, 0.15) is 12.8 Å². The van der Waals surface area contributed by atoms with Crippen LogP contribution in [0.2, 0.25) is 0 Å². The lowest BCUT2D eigenvalue weighted by molar-refractivity contribution is 0.341. The van der Waals surface area contributed by atoms with E-state index >= 15 is 0 Å². The first kappa shape index (κ1) is 20.9. The van der Waals surface area contributed by atoms with Gasteiger partial charge in [0.25, 0.3) is 0 Å². The zero-order valence-corrected chi connectivity index (χ0v) is 17.6. The number of imidazole rings is 1. The van der Waals surface area contributed by atoms with Gasteiger partial charge in [-0.15, -0.1) is 0 Å². The Morgan fingerprint density at radius 1 is 1.12 bits per heavy atom. The minimum absolute atomic E-state index is 0.0261. The van der Waals surface area contributed by atoms with Gasteiger partial charge in [0.05, 0.1) is 36.1 Å². The average Bonchev–Trinajstić information content (AvgIpc) is 3.35. The summed E-state index contributed by atoms with van der Waals surface area (Å²) in [6.45, 7) is 0.710. The number of aromatic nitrogens is 4. The molecule has 2 N–H and O–H groups in total. The van der Waals surface area contributed by atoms with Gasteiger partial charge in [0.1, 0.15) is 11.9 Å². The Morgan fingerprint density at radius 2 is 1.97 bits per heavy atom. The van der Waals surface area contributed by atoms with E-state index in [4.69, 9.17) is 0 Å². The summed E-state index contributed by atoms with van der Waals surface area (Å²) >= 11 is 0. The second kappa shape index (κ2) is 7.89. The number of nitrogens with zero attached hydrogens (tertiary/aromatic N) is 5. The summed E-state index contributed by atoms with van der Waals surface area (Å²) in [6.07, 6.45) is 4.20. The summed E-state index contributed by atoms with van der Waals surface area (Å²) in [5, 5.41) is 5.54. The van der Waals surface area contributed by atoms with Crippen LogP contribution in [0, 0.1) is 11.6 Å². The van der Waals surface area contributed by atoms with Crippen LogP contribution in [0.4, 0.5) is 24.8 Å². The van der Waals surface area contributed by atoms with Gasteiger partial charge < -0.3 is 10.6 Å². The van der Waals surface area contributed by atoms with Gasteiger partial charge in [-0.05, 0) is 12.8 Å². The van der Waals surface area contributed by atoms with Gasteiger partial charge >= 0.3 is 0 Å². The second-order valence-electron chi connectivity index (χ2n) is 7.79. The zero-order chi connectivity index (χ0) is 22.5. The van der Waals surface area contributed by atoms with Crippen LogP contribution in [-0.2, 0) is 10.0 Å². The number of nitrogens with one attached hydrogen (secondary N) is 2. The first-order chi connectivity index (χ1) is 15.3. The first-order valence-corrected chi connectivity index (χ1v) is 11.8. The van der Waals surface area contributed by atoms with E-state index in [2.05, 4.69) is 25.6 Å². The van der Waals surface area contributed by atoms with E-state index in [0.29, 0.717) is 31.1 Å². The molecule has 0 amide bonds. The van der Waals surface area contributed by atoms with Gasteiger partial charge in [-0.3, -0.25) is 8.71 Å². The van der Waals surface area contributed by atoms with E-state index in [1.165, 1.54) is 27.3 Å². The van der Waals surface area contributed by atoms with Crippen LogP contribution >= 0.6 is 0 Å². The SMILES string of the molecule is O=S1(=O)CCCCN1c1cn2c(-c3nc(NC4CNCC4F)c(F)cc3F)cnc2cn1. The highest BCUT2D eigenvalue weighted by Gasteiger charge is 2.29. The molecule has 0 saturated carbocycles. The molecule has 0 aliphatic carbocycles. The Morgan fingerprint density at radius 3 is 2.72 bits per heavy atom. The zero-order valence-electron chi connectivity index (χ0n) is 16.8. The smallest absolute Gasteiger partial charge is 0.236 e. The van der Waals surface area contributed by atoms with Gasteiger partial charge in [-0.2, -0.15) is 0 Å². The molecule has 3 aromatic heterocycles. The predicted molar refractivity (Wildman–Crippen MR) is 112 cm³/mol. The van der Waals surface area contributed by atoms with E-state index in [1.54, 1.807) is 0 Å². The summed E-state index contributed by atoms with van der Waals surface area (Å²) in [4.78, 5) is 12.4. The van der Waals surface area contributed by atoms with E-state index in [-0.39, 0.29) is 41.9 Å². The number of hydrogen-bond donors (Lipinski definition) is 2. The summed E-state index contributed by atoms with van der Waals surface area (Å²) in [5.41, 5.74) is 0.309. The number of sulfonamides is 1. The van der Waals surface area contributed by atoms with Crippen LogP contribution in [0.25, 0.3) is 17.0 Å². The predicted octanol–water partition coefficient (Wildman–Crippen LogP) is 1.72. The second-order valence-corrected chi connectivity index (χ2v) is 9.80. The molecule has 2 fully saturated rings. The Bertz CT molecular complexity index is 1280. The molecule has 5 rings (SSSR count). The molecule has 2 saturated heterocycles. The number of halogens is 3. The number of alkyl halides is 1. The first-order valence-electron chi connectivity index (χ1n) is 10.1. The third-order valence-corrected chi connectivity index (χ3v) is 7.47. The Hall–Kier alpha value is -2.93. The minimum atomic E-state index is -3.50. The highest BCUT2D eigenvalue weighted by molar-refractivity contribution is 7.92. The molecule has 2 unspecified atom stereocenters. The fourth-order valence-electron chi connectivity index (χ4n) is 3.94. The molecule has 2 atom stereocenters. The van der Waals surface area contributed by atoms with Crippen molar-refractivity contribution in [3.05, 3.63) is 36.3 Å². The molecule has 0 aromatic carbocycles. The third-order valence-electron chi connectivity index (χ3n) is 5.62. The van der Waals surface area contributed by atoms with Crippen molar-refractivity contribution in [3.8, 4) is 11.4 Å². The lowest BCUT2D eigenvalue weighted by Gasteiger charge is -2.27. The van der Waals surface area contributed by atoms with Crippen molar-refractivity contribution < 1.29 is 21.6 Å². The van der Waals surface area contributed by atoms with Crippen molar-refractivity contribution in [1.82, 2.24) is 24.7 Å². The Balaban J connectivity index is 1.56. The highest BCUT2D eigenvalue weighted by Crippen LogP contribution is 2.28. The van der Waals surface area contributed by atoms with Crippen LogP contribution in [-0.4, -0.2) is 65.4 Å². The number of pyridine rings is 1. The quantitative estimate of drug-likeness (QED) is 0.602. The summed E-state index contributed by atoms with van der Waals surface area (Å²) in [5.74, 6) is -1.95. The van der Waals surface area contributed by atoms with Crippen molar-refractivity contribution in [1.29, 1.82) is 0 Å². The Labute approximate surface area is 181 Å². The normalized spacial score (nSPS) is 23.0. The number of fused-ring (bicyclic) bond motifs is 1. The van der Waals surface area contributed by atoms with Crippen LogP contribution < -0.4 is 14.9 Å². The molecule has 3 aromatic rings. The summed E-state index contributed by atoms with van der Waals surface area (Å²) < 4.78 is 70.5. The van der Waals surface area contributed by atoms with Gasteiger partial charge in [0.15, 0.2) is 28.9 Å². The van der Waals surface area contributed by atoms with Crippen LogP contribution in [0.3, 0.4) is 0 Å². The molecule has 0 spiro atoms. The molecule has 2 aliphatic rings. The highest BCUT2D eigenvalue weighted by atomic mass is 32.2. The number of rotatable bonds is 4. The number of anilines is 2. The molecular formula is C19H20F3N7O2S. The van der Waals surface area contributed by atoms with Crippen LogP contribution in [0.15, 0.2) is 24.7 Å². The van der Waals surface area contributed by atoms with E-state index < -0.39 is 33.9 Å². The lowest BCUT2D eigenvalue weighted by atomic mass is 10.2. The van der Waals surface area contributed by atoms with Gasteiger partial charge in [-0.25, -0.2) is 36.5 Å². The average molecular weight is 467 g/mol. The van der Waals surface area contributed by atoms with E-state index in [0.717, 1.165) is 0 Å². The number of hydrogen-bond acceptors (Lipinski definition) is 7. The fraction of sp³-hybridized carbons (Fsp3) is 0.421. The van der Waals surface area contributed by atoms with E-state index in [1.807, 2.05) is 0 Å². The van der Waals surface area contributed by atoms with E-state index in [9.17, 15) is 21.6 Å². The monoisotopic (exact) mass is 467 g/mol. The van der Waals surface area contributed by atoms with Gasteiger partial charge in [0, 0.05) is 25.7 Å².